The van der Waals surface area contributed by atoms with Gasteiger partial charge in [-0.25, -0.2) is 0 Å². The molecule has 0 radical (unpaired) electrons. The number of hydrogen-bond acceptors (Lipinski definition) is 4. The molecule has 1 atom stereocenters. The average molecular weight is 293 g/mol. The van der Waals surface area contributed by atoms with Gasteiger partial charge in [-0.15, -0.1) is 0 Å². The smallest absolute Gasteiger partial charge is 0.307 e. The molecule has 1 aromatic carbocycles. The fraction of sp³-hybridized carbons (Fsp3) is 0.562. The number of carbonyl (C=O) groups is 1. The molecule has 1 aliphatic rings. The van der Waals surface area contributed by atoms with E-state index >= 15 is 0 Å². The molecule has 2 N–H and O–H groups in total. The number of aliphatic hydroxyl groups excluding tert-OH is 1. The number of hydrogen-bond donors (Lipinski definition) is 2. The Kier molecular flexibility index (Phi) is 6.02. The maximum absolute atomic E-state index is 10.8. The number of para-hydroxylation sites is 1. The molecule has 5 heteroatoms. The van der Waals surface area contributed by atoms with Gasteiger partial charge < -0.3 is 14.9 Å². The quantitative estimate of drug-likeness (QED) is 0.712. The summed E-state index contributed by atoms with van der Waals surface area (Å²) in [6.07, 6.45) is 3.07. The molecule has 0 aliphatic carbocycles. The van der Waals surface area contributed by atoms with E-state index in [2.05, 4.69) is 4.90 Å². The molecule has 1 aromatic rings. The summed E-state index contributed by atoms with van der Waals surface area (Å²) in [6, 6.07) is 7.56. The van der Waals surface area contributed by atoms with Crippen molar-refractivity contribution in [1.82, 2.24) is 4.90 Å². The molecular formula is C16H23NO4. The van der Waals surface area contributed by atoms with Gasteiger partial charge in [0, 0.05) is 18.2 Å². The number of benzene rings is 1. The molecule has 0 saturated carbocycles. The van der Waals surface area contributed by atoms with Crippen LogP contribution >= 0.6 is 0 Å². The fourth-order valence-electron chi connectivity index (χ4n) is 2.80. The molecule has 1 saturated heterocycles. The largest absolute Gasteiger partial charge is 0.493 e. The Hall–Kier alpha value is -1.59. The van der Waals surface area contributed by atoms with Crippen molar-refractivity contribution in [2.75, 3.05) is 26.3 Å². The minimum absolute atomic E-state index is 0.0190. The molecule has 1 heterocycles. The van der Waals surface area contributed by atoms with Gasteiger partial charge in [-0.1, -0.05) is 18.2 Å². The van der Waals surface area contributed by atoms with Gasteiger partial charge >= 0.3 is 5.97 Å². The van der Waals surface area contributed by atoms with E-state index in [0.29, 0.717) is 24.0 Å². The van der Waals surface area contributed by atoms with Crippen molar-refractivity contribution in [3.8, 4) is 5.75 Å². The number of aliphatic hydroxyl groups is 1. The molecule has 5 nitrogen and oxygen atoms in total. The molecule has 0 amide bonds. The molecule has 1 aliphatic heterocycles. The lowest BCUT2D eigenvalue weighted by Crippen LogP contribution is -2.33. The van der Waals surface area contributed by atoms with Gasteiger partial charge in [0.2, 0.25) is 0 Å². The SMILES string of the molecule is O=C(O)Cc1ccccc1OCCCN1CCC[C@H]1CO. The van der Waals surface area contributed by atoms with E-state index in [9.17, 15) is 9.90 Å². The maximum Gasteiger partial charge on any atom is 0.307 e. The first-order valence-corrected chi connectivity index (χ1v) is 7.48. The number of carboxylic acid groups (broad SMARTS) is 1. The van der Waals surface area contributed by atoms with Gasteiger partial charge in [0.05, 0.1) is 19.6 Å². The van der Waals surface area contributed by atoms with Gasteiger partial charge in [-0.2, -0.15) is 0 Å². The molecule has 0 bridgehead atoms. The van der Waals surface area contributed by atoms with Crippen LogP contribution in [0.15, 0.2) is 24.3 Å². The van der Waals surface area contributed by atoms with Crippen molar-refractivity contribution in [3.05, 3.63) is 29.8 Å². The molecule has 2 rings (SSSR count). The summed E-state index contributed by atoms with van der Waals surface area (Å²) in [6.45, 7) is 2.74. The number of nitrogens with zero attached hydrogens (tertiary/aromatic N) is 1. The molecular weight excluding hydrogens is 270 g/mol. The van der Waals surface area contributed by atoms with Crippen molar-refractivity contribution < 1.29 is 19.7 Å². The van der Waals surface area contributed by atoms with Crippen LogP contribution in [0.5, 0.6) is 5.75 Å². The zero-order valence-corrected chi connectivity index (χ0v) is 12.2. The third kappa shape index (κ3) is 4.72. The normalized spacial score (nSPS) is 18.8. The highest BCUT2D eigenvalue weighted by Gasteiger charge is 2.22. The fourth-order valence-corrected chi connectivity index (χ4v) is 2.80. The first-order chi connectivity index (χ1) is 10.2. The maximum atomic E-state index is 10.8. The predicted molar refractivity (Wildman–Crippen MR) is 79.6 cm³/mol. The van der Waals surface area contributed by atoms with Crippen LogP contribution in [0.3, 0.4) is 0 Å². The number of likely N-dealkylation sites (tertiary alicyclic amines) is 1. The topological polar surface area (TPSA) is 70.0 Å². The Bertz CT molecular complexity index is 463. The first kappa shape index (κ1) is 15.8. The van der Waals surface area contributed by atoms with Crippen LogP contribution in [-0.4, -0.2) is 53.4 Å². The Morgan fingerprint density at radius 2 is 2.19 bits per heavy atom. The van der Waals surface area contributed by atoms with Crippen molar-refractivity contribution in [2.45, 2.75) is 31.7 Å². The number of ether oxygens (including phenoxy) is 1. The van der Waals surface area contributed by atoms with Crippen LogP contribution in [-0.2, 0) is 11.2 Å². The predicted octanol–water partition coefficient (Wildman–Crippen LogP) is 1.54. The highest BCUT2D eigenvalue weighted by molar-refractivity contribution is 5.71. The molecule has 0 aromatic heterocycles. The summed E-state index contributed by atoms with van der Waals surface area (Å²) in [5, 5.41) is 18.1. The third-order valence-electron chi connectivity index (χ3n) is 3.87. The lowest BCUT2D eigenvalue weighted by molar-refractivity contribution is -0.136. The van der Waals surface area contributed by atoms with E-state index in [1.807, 2.05) is 18.2 Å². The van der Waals surface area contributed by atoms with E-state index in [0.717, 1.165) is 32.4 Å². The number of carboxylic acids is 1. The Morgan fingerprint density at radius 3 is 2.95 bits per heavy atom. The summed E-state index contributed by atoms with van der Waals surface area (Å²) >= 11 is 0. The van der Waals surface area contributed by atoms with Crippen LogP contribution in [0.4, 0.5) is 0 Å². The van der Waals surface area contributed by atoms with Crippen LogP contribution < -0.4 is 4.74 Å². The van der Waals surface area contributed by atoms with Crippen LogP contribution in [0.25, 0.3) is 0 Å². The Labute approximate surface area is 125 Å². The third-order valence-corrected chi connectivity index (χ3v) is 3.87. The summed E-state index contributed by atoms with van der Waals surface area (Å²) in [7, 11) is 0. The minimum atomic E-state index is -0.853. The lowest BCUT2D eigenvalue weighted by Gasteiger charge is -2.22. The zero-order valence-electron chi connectivity index (χ0n) is 12.2. The van der Waals surface area contributed by atoms with E-state index in [-0.39, 0.29) is 13.0 Å². The summed E-state index contributed by atoms with van der Waals surface area (Å²) in [5.74, 6) is -0.200. The Balaban J connectivity index is 1.77. The van der Waals surface area contributed by atoms with Crippen molar-refractivity contribution in [3.63, 3.8) is 0 Å². The second-order valence-electron chi connectivity index (χ2n) is 5.39. The second-order valence-corrected chi connectivity index (χ2v) is 5.39. The van der Waals surface area contributed by atoms with Crippen LogP contribution in [0.1, 0.15) is 24.8 Å². The summed E-state index contributed by atoms with van der Waals surface area (Å²) in [4.78, 5) is 13.1. The standard InChI is InChI=1S/C16H23NO4/c18-12-14-6-3-8-17(14)9-4-10-21-15-7-2-1-5-13(15)11-16(19)20/h1-2,5,7,14,18H,3-4,6,8-12H2,(H,19,20)/t14-/m0/s1. The van der Waals surface area contributed by atoms with Crippen molar-refractivity contribution in [1.29, 1.82) is 0 Å². The van der Waals surface area contributed by atoms with E-state index in [4.69, 9.17) is 9.84 Å². The average Bonchev–Trinajstić information content (AvgIpc) is 2.92. The zero-order chi connectivity index (χ0) is 15.1. The molecule has 116 valence electrons. The van der Waals surface area contributed by atoms with Crippen molar-refractivity contribution >= 4 is 5.97 Å². The van der Waals surface area contributed by atoms with E-state index in [1.54, 1.807) is 6.07 Å². The number of aliphatic carboxylic acids is 1. The second kappa shape index (κ2) is 8.00. The monoisotopic (exact) mass is 293 g/mol. The van der Waals surface area contributed by atoms with Gasteiger partial charge in [-0.05, 0) is 31.9 Å². The lowest BCUT2D eigenvalue weighted by atomic mass is 10.1. The molecule has 21 heavy (non-hydrogen) atoms. The first-order valence-electron chi connectivity index (χ1n) is 7.48. The highest BCUT2D eigenvalue weighted by atomic mass is 16.5. The van der Waals surface area contributed by atoms with Crippen LogP contribution in [0.2, 0.25) is 0 Å². The molecule has 0 spiro atoms. The van der Waals surface area contributed by atoms with Gasteiger partial charge in [-0.3, -0.25) is 9.69 Å². The summed E-state index contributed by atoms with van der Waals surface area (Å²) < 4.78 is 5.71. The van der Waals surface area contributed by atoms with Gasteiger partial charge in [0.15, 0.2) is 0 Å². The Morgan fingerprint density at radius 1 is 1.38 bits per heavy atom. The number of rotatable bonds is 8. The molecule has 0 unspecified atom stereocenters. The van der Waals surface area contributed by atoms with Crippen molar-refractivity contribution in [2.24, 2.45) is 0 Å². The summed E-state index contributed by atoms with van der Waals surface area (Å²) in [5.41, 5.74) is 0.708. The van der Waals surface area contributed by atoms with Gasteiger partial charge in [0.1, 0.15) is 5.75 Å². The van der Waals surface area contributed by atoms with Crippen LogP contribution in [0, 0.1) is 0 Å². The molecule has 1 fully saturated rings. The highest BCUT2D eigenvalue weighted by Crippen LogP contribution is 2.20. The van der Waals surface area contributed by atoms with E-state index < -0.39 is 5.97 Å². The van der Waals surface area contributed by atoms with Gasteiger partial charge in [0.25, 0.3) is 0 Å². The minimum Gasteiger partial charge on any atom is -0.493 e. The van der Waals surface area contributed by atoms with E-state index in [1.165, 1.54) is 0 Å².